The first kappa shape index (κ1) is 14.0. The van der Waals surface area contributed by atoms with E-state index in [9.17, 15) is 9.50 Å². The highest BCUT2D eigenvalue weighted by molar-refractivity contribution is 9.10. The van der Waals surface area contributed by atoms with Crippen molar-refractivity contribution in [2.45, 2.75) is 18.6 Å². The number of rotatable bonds is 1. The maximum Gasteiger partial charge on any atom is 0.137 e. The summed E-state index contributed by atoms with van der Waals surface area (Å²) in [4.78, 5) is 0. The molecule has 0 amide bonds. The Labute approximate surface area is 132 Å². The fourth-order valence-corrected chi connectivity index (χ4v) is 2.92. The molecule has 2 aromatic rings. The Bertz CT molecular complexity index is 660. The van der Waals surface area contributed by atoms with Crippen molar-refractivity contribution >= 4 is 31.9 Å². The quantitative estimate of drug-likeness (QED) is 0.735. The zero-order chi connectivity index (χ0) is 14.3. The maximum atomic E-state index is 13.6. The summed E-state index contributed by atoms with van der Waals surface area (Å²) in [7, 11) is 0. The van der Waals surface area contributed by atoms with Crippen LogP contribution in [0, 0.1) is 5.82 Å². The Morgan fingerprint density at radius 3 is 2.70 bits per heavy atom. The van der Waals surface area contributed by atoms with E-state index in [1.165, 1.54) is 6.07 Å². The summed E-state index contributed by atoms with van der Waals surface area (Å²) in [5, 5.41) is 10.2. The van der Waals surface area contributed by atoms with E-state index >= 15 is 0 Å². The van der Waals surface area contributed by atoms with Crippen molar-refractivity contribution in [3.05, 3.63) is 62.3 Å². The van der Waals surface area contributed by atoms with Crippen LogP contribution in [0.4, 0.5) is 4.39 Å². The van der Waals surface area contributed by atoms with Gasteiger partial charge in [0.05, 0.1) is 10.6 Å². The molecule has 20 heavy (non-hydrogen) atoms. The van der Waals surface area contributed by atoms with Gasteiger partial charge in [0.25, 0.3) is 0 Å². The number of hydrogen-bond donors (Lipinski definition) is 1. The highest BCUT2D eigenvalue weighted by atomic mass is 79.9. The highest BCUT2D eigenvalue weighted by Gasteiger charge is 2.28. The molecule has 1 aliphatic heterocycles. The molecule has 0 fully saturated rings. The van der Waals surface area contributed by atoms with E-state index in [0.717, 1.165) is 15.6 Å². The van der Waals surface area contributed by atoms with Gasteiger partial charge in [-0.2, -0.15) is 0 Å². The summed E-state index contributed by atoms with van der Waals surface area (Å²) >= 11 is 6.51. The largest absolute Gasteiger partial charge is 0.485 e. The van der Waals surface area contributed by atoms with E-state index in [2.05, 4.69) is 31.9 Å². The van der Waals surface area contributed by atoms with E-state index < -0.39 is 6.10 Å². The molecule has 104 valence electrons. The van der Waals surface area contributed by atoms with Crippen LogP contribution in [0.2, 0.25) is 0 Å². The molecule has 0 aromatic heterocycles. The van der Waals surface area contributed by atoms with E-state index in [0.29, 0.717) is 16.6 Å². The first-order valence-electron chi connectivity index (χ1n) is 6.13. The molecule has 0 spiro atoms. The molecule has 2 aromatic carbocycles. The Morgan fingerprint density at radius 1 is 1.15 bits per heavy atom. The summed E-state index contributed by atoms with van der Waals surface area (Å²) < 4.78 is 20.8. The molecule has 0 bridgehead atoms. The number of halogens is 3. The zero-order valence-electron chi connectivity index (χ0n) is 10.3. The molecule has 1 aliphatic rings. The third-order valence-electron chi connectivity index (χ3n) is 3.36. The van der Waals surface area contributed by atoms with Gasteiger partial charge in [-0.05, 0) is 45.8 Å². The van der Waals surface area contributed by atoms with Crippen molar-refractivity contribution in [1.29, 1.82) is 0 Å². The van der Waals surface area contributed by atoms with Crippen molar-refractivity contribution in [1.82, 2.24) is 0 Å². The topological polar surface area (TPSA) is 29.5 Å². The predicted octanol–water partition coefficient (Wildman–Crippen LogP) is 4.91. The molecule has 1 heterocycles. The molecule has 3 rings (SSSR count). The number of aliphatic hydroxyl groups is 1. The fraction of sp³-hybridized carbons (Fsp3) is 0.200. The van der Waals surface area contributed by atoms with Crippen LogP contribution < -0.4 is 4.74 Å². The van der Waals surface area contributed by atoms with Crippen LogP contribution in [0.25, 0.3) is 0 Å². The van der Waals surface area contributed by atoms with E-state index in [-0.39, 0.29) is 11.9 Å². The molecule has 2 nitrogen and oxygen atoms in total. The van der Waals surface area contributed by atoms with Gasteiger partial charge in [-0.25, -0.2) is 4.39 Å². The summed E-state index contributed by atoms with van der Waals surface area (Å²) in [5.41, 5.74) is 1.48. The first-order valence-corrected chi connectivity index (χ1v) is 7.72. The Hall–Kier alpha value is -0.910. The lowest BCUT2D eigenvalue weighted by molar-refractivity contribution is 0.0655. The van der Waals surface area contributed by atoms with Crippen molar-refractivity contribution in [2.24, 2.45) is 0 Å². The van der Waals surface area contributed by atoms with Crippen LogP contribution in [0.3, 0.4) is 0 Å². The molecule has 0 saturated heterocycles. The van der Waals surface area contributed by atoms with Gasteiger partial charge < -0.3 is 9.84 Å². The van der Waals surface area contributed by atoms with Crippen LogP contribution in [0.1, 0.15) is 29.8 Å². The average Bonchev–Trinajstić information content (AvgIpc) is 2.41. The Kier molecular flexibility index (Phi) is 3.84. The van der Waals surface area contributed by atoms with E-state index in [4.69, 9.17) is 4.74 Å². The molecule has 1 N–H and O–H groups in total. The molecule has 0 aliphatic carbocycles. The summed E-state index contributed by atoms with van der Waals surface area (Å²) in [6.45, 7) is 0. The minimum absolute atomic E-state index is 0.333. The maximum absolute atomic E-state index is 13.6. The van der Waals surface area contributed by atoms with Crippen molar-refractivity contribution in [3.63, 3.8) is 0 Å². The van der Waals surface area contributed by atoms with Gasteiger partial charge in [0, 0.05) is 16.5 Å². The second kappa shape index (κ2) is 5.47. The second-order valence-electron chi connectivity index (χ2n) is 4.71. The lowest BCUT2D eigenvalue weighted by Crippen LogP contribution is -2.19. The van der Waals surface area contributed by atoms with Gasteiger partial charge in [-0.3, -0.25) is 0 Å². The average molecular weight is 402 g/mol. The summed E-state index contributed by atoms with van der Waals surface area (Å²) in [5.74, 6) is 0.298. The second-order valence-corrected chi connectivity index (χ2v) is 6.48. The van der Waals surface area contributed by atoms with Gasteiger partial charge in [0.15, 0.2) is 0 Å². The van der Waals surface area contributed by atoms with Crippen LogP contribution in [0.5, 0.6) is 5.75 Å². The number of benzene rings is 2. The standard InChI is InChI=1S/C15H11Br2FO2/c16-9-2-3-10-13(19)7-14(20-15(10)6-9)8-1-4-11(17)12(18)5-8/h1-6,13-14,19H,7H2. The lowest BCUT2D eigenvalue weighted by atomic mass is 9.95. The van der Waals surface area contributed by atoms with Crippen LogP contribution in [-0.2, 0) is 0 Å². The molecule has 5 heteroatoms. The molecule has 0 saturated carbocycles. The summed E-state index contributed by atoms with van der Waals surface area (Å²) in [6.07, 6.45) is -0.548. The molecular weight excluding hydrogens is 391 g/mol. The predicted molar refractivity (Wildman–Crippen MR) is 81.2 cm³/mol. The molecule has 2 unspecified atom stereocenters. The third kappa shape index (κ3) is 2.62. The number of hydrogen-bond acceptors (Lipinski definition) is 2. The number of fused-ring (bicyclic) bond motifs is 1. The smallest absolute Gasteiger partial charge is 0.137 e. The molecular formula is C15H11Br2FO2. The normalized spacial score (nSPS) is 21.2. The van der Waals surface area contributed by atoms with Crippen LogP contribution in [0.15, 0.2) is 45.3 Å². The SMILES string of the molecule is OC1CC(c2ccc(Br)c(F)c2)Oc2cc(Br)ccc21. The van der Waals surface area contributed by atoms with Gasteiger partial charge in [0.1, 0.15) is 17.7 Å². The number of ether oxygens (including phenoxy) is 1. The Balaban J connectivity index is 1.96. The van der Waals surface area contributed by atoms with E-state index in [1.54, 1.807) is 12.1 Å². The van der Waals surface area contributed by atoms with Crippen LogP contribution in [-0.4, -0.2) is 5.11 Å². The van der Waals surface area contributed by atoms with Crippen LogP contribution >= 0.6 is 31.9 Å². The van der Waals surface area contributed by atoms with Gasteiger partial charge in [-0.1, -0.05) is 28.1 Å². The van der Waals surface area contributed by atoms with Gasteiger partial charge in [0.2, 0.25) is 0 Å². The highest BCUT2D eigenvalue weighted by Crippen LogP contribution is 2.42. The summed E-state index contributed by atoms with van der Waals surface area (Å²) in [6, 6.07) is 10.4. The third-order valence-corrected chi connectivity index (χ3v) is 4.49. The van der Waals surface area contributed by atoms with Crippen molar-refractivity contribution < 1.29 is 14.2 Å². The minimum atomic E-state index is -0.608. The van der Waals surface area contributed by atoms with E-state index in [1.807, 2.05) is 18.2 Å². The van der Waals surface area contributed by atoms with Gasteiger partial charge >= 0.3 is 0 Å². The number of aliphatic hydroxyl groups excluding tert-OH is 1. The monoisotopic (exact) mass is 400 g/mol. The zero-order valence-corrected chi connectivity index (χ0v) is 13.5. The van der Waals surface area contributed by atoms with Gasteiger partial charge in [-0.15, -0.1) is 0 Å². The molecule has 0 radical (unpaired) electrons. The first-order chi connectivity index (χ1) is 9.54. The minimum Gasteiger partial charge on any atom is -0.485 e. The Morgan fingerprint density at radius 2 is 1.95 bits per heavy atom. The lowest BCUT2D eigenvalue weighted by Gasteiger charge is -2.30. The van der Waals surface area contributed by atoms with Crippen molar-refractivity contribution in [2.75, 3.05) is 0 Å². The fourth-order valence-electron chi connectivity index (χ4n) is 2.33. The molecule has 2 atom stereocenters. The van der Waals surface area contributed by atoms with Crippen molar-refractivity contribution in [3.8, 4) is 5.75 Å².